The highest BCUT2D eigenvalue weighted by molar-refractivity contribution is 4.87. The van der Waals surface area contributed by atoms with E-state index in [0.29, 0.717) is 5.54 Å². The van der Waals surface area contributed by atoms with Crippen LogP contribution >= 0.6 is 0 Å². The van der Waals surface area contributed by atoms with Gasteiger partial charge in [-0.05, 0) is 39.9 Å². The highest BCUT2D eigenvalue weighted by atomic mass is 15.1. The van der Waals surface area contributed by atoms with Gasteiger partial charge in [0, 0.05) is 12.1 Å². The van der Waals surface area contributed by atoms with Crippen LogP contribution < -0.4 is 5.32 Å². The SMILES string of the molecule is CC.CC.CCNC1(C)CCCCN(C)C1. The van der Waals surface area contributed by atoms with Gasteiger partial charge in [-0.2, -0.15) is 0 Å². The summed E-state index contributed by atoms with van der Waals surface area (Å²) >= 11 is 0. The number of nitrogens with zero attached hydrogens (tertiary/aromatic N) is 1. The average Bonchev–Trinajstić information content (AvgIpc) is 2.46. The van der Waals surface area contributed by atoms with E-state index in [1.807, 2.05) is 27.7 Å². The second-order valence-electron chi connectivity index (χ2n) is 4.29. The summed E-state index contributed by atoms with van der Waals surface area (Å²) in [6.45, 7) is 16.1. The largest absolute Gasteiger partial charge is 0.311 e. The summed E-state index contributed by atoms with van der Waals surface area (Å²) in [6.07, 6.45) is 4.05. The monoisotopic (exact) mass is 230 g/mol. The molecule has 1 rings (SSSR count). The Bertz CT molecular complexity index is 137. The number of hydrogen-bond donors (Lipinski definition) is 1. The summed E-state index contributed by atoms with van der Waals surface area (Å²) in [6, 6.07) is 0. The molecule has 1 heterocycles. The topological polar surface area (TPSA) is 15.3 Å². The molecule has 16 heavy (non-hydrogen) atoms. The van der Waals surface area contributed by atoms with Crippen molar-refractivity contribution in [3.8, 4) is 0 Å². The molecule has 0 bridgehead atoms. The zero-order valence-electron chi connectivity index (χ0n) is 12.7. The van der Waals surface area contributed by atoms with E-state index in [-0.39, 0.29) is 0 Å². The van der Waals surface area contributed by atoms with Gasteiger partial charge in [0.25, 0.3) is 0 Å². The van der Waals surface area contributed by atoms with E-state index in [2.05, 4.69) is 31.1 Å². The van der Waals surface area contributed by atoms with Crippen molar-refractivity contribution in [1.82, 2.24) is 10.2 Å². The van der Waals surface area contributed by atoms with E-state index in [1.165, 1.54) is 32.4 Å². The lowest BCUT2D eigenvalue weighted by atomic mass is 9.96. The van der Waals surface area contributed by atoms with Gasteiger partial charge in [-0.1, -0.05) is 41.0 Å². The van der Waals surface area contributed by atoms with Crippen molar-refractivity contribution in [2.45, 2.75) is 66.3 Å². The molecule has 1 aliphatic rings. The van der Waals surface area contributed by atoms with Crippen LogP contribution in [0.2, 0.25) is 0 Å². The maximum absolute atomic E-state index is 3.59. The number of hydrogen-bond acceptors (Lipinski definition) is 2. The minimum atomic E-state index is 0.361. The maximum atomic E-state index is 3.59. The number of likely N-dealkylation sites (tertiary alicyclic amines) is 1. The molecule has 0 aromatic heterocycles. The van der Waals surface area contributed by atoms with Gasteiger partial charge in [0.1, 0.15) is 0 Å². The Kier molecular flexibility index (Phi) is 13.0. The Balaban J connectivity index is 0. The van der Waals surface area contributed by atoms with Crippen LogP contribution in [0.3, 0.4) is 0 Å². The summed E-state index contributed by atoms with van der Waals surface area (Å²) < 4.78 is 0. The lowest BCUT2D eigenvalue weighted by Crippen LogP contribution is -2.49. The van der Waals surface area contributed by atoms with E-state index in [1.54, 1.807) is 0 Å². The molecule has 1 N–H and O–H groups in total. The first-order chi connectivity index (χ1) is 7.66. The van der Waals surface area contributed by atoms with Crippen molar-refractivity contribution in [2.24, 2.45) is 0 Å². The Morgan fingerprint density at radius 3 is 2.19 bits per heavy atom. The molecule has 2 nitrogen and oxygen atoms in total. The summed E-state index contributed by atoms with van der Waals surface area (Å²) in [4.78, 5) is 2.44. The van der Waals surface area contributed by atoms with Gasteiger partial charge >= 0.3 is 0 Å². The van der Waals surface area contributed by atoms with Gasteiger partial charge in [-0.15, -0.1) is 0 Å². The molecule has 1 aliphatic heterocycles. The minimum absolute atomic E-state index is 0.361. The molecule has 1 atom stereocenters. The third-order valence-corrected chi connectivity index (χ3v) is 2.74. The molecule has 100 valence electrons. The smallest absolute Gasteiger partial charge is 0.0280 e. The van der Waals surface area contributed by atoms with E-state index in [9.17, 15) is 0 Å². The van der Waals surface area contributed by atoms with E-state index in [4.69, 9.17) is 0 Å². The van der Waals surface area contributed by atoms with Crippen molar-refractivity contribution in [3.63, 3.8) is 0 Å². The van der Waals surface area contributed by atoms with Crippen LogP contribution in [0.5, 0.6) is 0 Å². The fraction of sp³-hybridized carbons (Fsp3) is 1.00. The molecule has 1 saturated heterocycles. The molecule has 1 unspecified atom stereocenters. The average molecular weight is 230 g/mol. The summed E-state index contributed by atoms with van der Waals surface area (Å²) in [7, 11) is 2.22. The van der Waals surface area contributed by atoms with Gasteiger partial charge in [-0.3, -0.25) is 0 Å². The van der Waals surface area contributed by atoms with Crippen LogP contribution in [-0.2, 0) is 0 Å². The van der Waals surface area contributed by atoms with Gasteiger partial charge in [0.15, 0.2) is 0 Å². The van der Waals surface area contributed by atoms with Crippen LogP contribution in [0.25, 0.3) is 0 Å². The second-order valence-corrected chi connectivity index (χ2v) is 4.29. The van der Waals surface area contributed by atoms with Gasteiger partial charge < -0.3 is 10.2 Å². The van der Waals surface area contributed by atoms with Gasteiger partial charge in [-0.25, -0.2) is 0 Å². The number of likely N-dealkylation sites (N-methyl/N-ethyl adjacent to an activating group) is 2. The lowest BCUT2D eigenvalue weighted by molar-refractivity contribution is 0.241. The van der Waals surface area contributed by atoms with E-state index < -0.39 is 0 Å². The molecule has 0 radical (unpaired) electrons. The normalized spacial score (nSPS) is 25.7. The highest BCUT2D eigenvalue weighted by Gasteiger charge is 2.26. The van der Waals surface area contributed by atoms with Crippen molar-refractivity contribution in [3.05, 3.63) is 0 Å². The molecule has 2 heteroatoms. The molecule has 0 saturated carbocycles. The number of rotatable bonds is 2. The molecule has 1 fully saturated rings. The highest BCUT2D eigenvalue weighted by Crippen LogP contribution is 2.19. The van der Waals surface area contributed by atoms with Crippen LogP contribution in [0, 0.1) is 0 Å². The molecular formula is C14H34N2. The predicted molar refractivity (Wildman–Crippen MR) is 76.1 cm³/mol. The summed E-state index contributed by atoms with van der Waals surface area (Å²) in [5.41, 5.74) is 0.361. The summed E-state index contributed by atoms with van der Waals surface area (Å²) in [5.74, 6) is 0. The Morgan fingerprint density at radius 1 is 1.12 bits per heavy atom. The second kappa shape index (κ2) is 11.4. The first-order valence-electron chi connectivity index (χ1n) is 7.10. The Hall–Kier alpha value is -0.0800. The van der Waals surface area contributed by atoms with Crippen LogP contribution in [0.4, 0.5) is 0 Å². The zero-order chi connectivity index (χ0) is 13.0. The van der Waals surface area contributed by atoms with Crippen molar-refractivity contribution in [1.29, 1.82) is 0 Å². The third-order valence-electron chi connectivity index (χ3n) is 2.74. The number of nitrogens with one attached hydrogen (secondary N) is 1. The first kappa shape index (κ1) is 18.3. The zero-order valence-corrected chi connectivity index (χ0v) is 12.7. The lowest BCUT2D eigenvalue weighted by Gasteiger charge is -2.32. The maximum Gasteiger partial charge on any atom is 0.0280 e. The molecular weight excluding hydrogens is 196 g/mol. The summed E-state index contributed by atoms with van der Waals surface area (Å²) in [5, 5.41) is 3.59. The fourth-order valence-corrected chi connectivity index (χ4v) is 2.22. The van der Waals surface area contributed by atoms with Crippen molar-refractivity contribution in [2.75, 3.05) is 26.7 Å². The van der Waals surface area contributed by atoms with Gasteiger partial charge in [0.2, 0.25) is 0 Å². The first-order valence-corrected chi connectivity index (χ1v) is 7.10. The fourth-order valence-electron chi connectivity index (χ4n) is 2.22. The molecule has 0 amide bonds. The third kappa shape index (κ3) is 8.12. The van der Waals surface area contributed by atoms with Crippen LogP contribution in [-0.4, -0.2) is 37.1 Å². The van der Waals surface area contributed by atoms with E-state index >= 15 is 0 Å². The standard InChI is InChI=1S/C10H22N2.2C2H6/c1-4-11-10(2)7-5-6-8-12(3)9-10;2*1-2/h11H,4-9H2,1-3H3;2*1-2H3. The Morgan fingerprint density at radius 2 is 1.69 bits per heavy atom. The minimum Gasteiger partial charge on any atom is -0.311 e. The Labute approximate surface area is 104 Å². The predicted octanol–water partition coefficient (Wildman–Crippen LogP) is 3.52. The van der Waals surface area contributed by atoms with Crippen LogP contribution in [0.1, 0.15) is 60.8 Å². The van der Waals surface area contributed by atoms with Crippen molar-refractivity contribution >= 4 is 0 Å². The van der Waals surface area contributed by atoms with Crippen molar-refractivity contribution < 1.29 is 0 Å². The molecule has 0 aromatic carbocycles. The molecule has 0 spiro atoms. The molecule has 0 aliphatic carbocycles. The van der Waals surface area contributed by atoms with Gasteiger partial charge in [0.05, 0.1) is 0 Å². The quantitative estimate of drug-likeness (QED) is 0.781. The van der Waals surface area contributed by atoms with E-state index in [0.717, 1.165) is 6.54 Å². The molecule has 0 aromatic rings. The van der Waals surface area contributed by atoms with Crippen LogP contribution in [0.15, 0.2) is 0 Å².